The average Bonchev–Trinajstić information content (AvgIpc) is 3.93. The van der Waals surface area contributed by atoms with E-state index in [1.54, 1.807) is 0 Å². The molecule has 24 nitrogen and oxygen atoms in total. The lowest BCUT2D eigenvalue weighted by molar-refractivity contribution is -0.406. The van der Waals surface area contributed by atoms with Crippen molar-refractivity contribution in [3.05, 3.63) is 0 Å². The smallest absolute Gasteiger partial charge is 0.302 e. The van der Waals surface area contributed by atoms with Crippen LogP contribution in [0, 0.1) is 52.3 Å². The molecule has 32 atom stereocenters. The van der Waals surface area contributed by atoms with Gasteiger partial charge in [-0.1, -0.05) is 27.7 Å². The number of hydrogen-bond donors (Lipinski definition) is 12. The maximum atomic E-state index is 12.1. The van der Waals surface area contributed by atoms with E-state index in [9.17, 15) is 66.1 Å². The third-order valence-corrected chi connectivity index (χ3v) is 20.9. The molecule has 10 rings (SSSR count). The van der Waals surface area contributed by atoms with Gasteiger partial charge >= 0.3 is 5.97 Å². The van der Waals surface area contributed by atoms with Crippen LogP contribution in [0.25, 0.3) is 0 Å². The molecule has 0 amide bonds. The highest BCUT2D eigenvalue weighted by molar-refractivity contribution is 5.65. The van der Waals surface area contributed by atoms with Crippen LogP contribution >= 0.6 is 0 Å². The van der Waals surface area contributed by atoms with Gasteiger partial charge < -0.3 is 113 Å². The quantitative estimate of drug-likeness (QED) is 0.0704. The Morgan fingerprint density at radius 2 is 1.10 bits per heavy atom. The fraction of sp³-hybridized carbons (Fsp3) is 0.981. The molecule has 10 fully saturated rings. The van der Waals surface area contributed by atoms with Gasteiger partial charge in [0.05, 0.1) is 38.6 Å². The Balaban J connectivity index is 0.838. The van der Waals surface area contributed by atoms with E-state index < -0.39 is 161 Å². The van der Waals surface area contributed by atoms with Crippen molar-refractivity contribution in [2.75, 3.05) is 33.0 Å². The number of aliphatic hydroxyl groups is 12. The molecule has 12 N–H and O–H groups in total. The van der Waals surface area contributed by atoms with Gasteiger partial charge in [-0.05, 0) is 111 Å². The SMILES string of the molecule is CC(=O)OC[C@H]1O[C@@H](O[C@H]2[C@H](O)[C@@H](O)[C@H](O[C@@H]3CC[C@]4(C)[C@@H](CC[C@H]5[C@H]6CC[C@H]7O[C@]8(CC[C@@H](C)CO8)[C@@H](C)[C@@H]7[C@]6(C)CC[C@@H]54)C3)O[C@@H]2CO)[C@H](O[C@@H]2O[C@H](CO)[C@@H](O)[C@H](O)[C@H]2O)[C@@H](O[C@@H]2O[C@H](CO)[C@@H](O)[C@H](O)[C@H]2O)[C@@H]1O. The summed E-state index contributed by atoms with van der Waals surface area (Å²) < 4.78 is 67.3. The van der Waals surface area contributed by atoms with Gasteiger partial charge in [0.2, 0.25) is 0 Å². The normalized spacial score (nSPS) is 55.3. The molecule has 448 valence electrons. The molecule has 24 heteroatoms. The van der Waals surface area contributed by atoms with Crippen molar-refractivity contribution >= 4 is 5.97 Å². The summed E-state index contributed by atoms with van der Waals surface area (Å²) in [7, 11) is 0. The summed E-state index contributed by atoms with van der Waals surface area (Å²) >= 11 is 0. The Morgan fingerprint density at radius 3 is 1.72 bits per heavy atom. The topological polar surface area (TPSA) is 361 Å². The molecular weight excluding hydrogens is 1030 g/mol. The minimum atomic E-state index is -2.06. The molecule has 6 aliphatic heterocycles. The van der Waals surface area contributed by atoms with Crippen LogP contribution in [0.5, 0.6) is 0 Å². The van der Waals surface area contributed by atoms with Gasteiger partial charge in [0, 0.05) is 19.3 Å². The maximum Gasteiger partial charge on any atom is 0.302 e. The van der Waals surface area contributed by atoms with Crippen LogP contribution in [0.1, 0.15) is 105 Å². The van der Waals surface area contributed by atoms with Crippen molar-refractivity contribution in [1.82, 2.24) is 0 Å². The van der Waals surface area contributed by atoms with Crippen LogP contribution in [0.15, 0.2) is 0 Å². The molecule has 0 unspecified atom stereocenters. The Morgan fingerprint density at radius 1 is 0.538 bits per heavy atom. The second kappa shape index (κ2) is 23.6. The molecule has 0 aromatic carbocycles. The van der Waals surface area contributed by atoms with Crippen molar-refractivity contribution in [3.8, 4) is 0 Å². The van der Waals surface area contributed by atoms with Gasteiger partial charge in [0.25, 0.3) is 0 Å². The summed E-state index contributed by atoms with van der Waals surface area (Å²) in [6, 6.07) is 0. The van der Waals surface area contributed by atoms with Crippen LogP contribution in [0.4, 0.5) is 0 Å². The molecule has 1 spiro atoms. The van der Waals surface area contributed by atoms with Crippen molar-refractivity contribution in [1.29, 1.82) is 0 Å². The molecular formula is C54H88O24. The Labute approximate surface area is 454 Å². The standard InChI is InChI=1S/C54H88O24/c1-22-10-15-54(69-20-22)23(2)35-30(78-54)9-8-28-27-7-6-25-16-26(11-13-52(25,4)29(27)12-14-53(28,35)5)70-48-44(67)41(64)45(33(19-57)73-48)75-51-47(77-50-43(66)40(63)37(60)32(18-56)72-50)46(38(61)34(74-51)21-68-24(3)58)76-49-42(65)39(62)36(59)31(17-55)71-49/h22-23,25-51,55-57,59-67H,6-21H2,1-5H3/t22-,23+,25+,26-,27+,28-,29+,30-,31-,32-,33-,34-,35+,36-,37-,38-,39+,40+,41-,42-,43-,44-,45-,46+,47-,48-,49+,50+,51+,52-,53-,54-/m1/s1. The third-order valence-electron chi connectivity index (χ3n) is 20.9. The van der Waals surface area contributed by atoms with E-state index in [0.717, 1.165) is 71.3 Å². The zero-order chi connectivity index (χ0) is 55.9. The van der Waals surface area contributed by atoms with Crippen molar-refractivity contribution in [2.24, 2.45) is 52.3 Å². The largest absolute Gasteiger partial charge is 0.463 e. The van der Waals surface area contributed by atoms with Gasteiger partial charge in [-0.2, -0.15) is 0 Å². The molecule has 78 heavy (non-hydrogen) atoms. The third kappa shape index (κ3) is 10.7. The number of carbonyl (C=O) groups is 1. The first-order valence-electron chi connectivity index (χ1n) is 28.7. The molecule has 0 bridgehead atoms. The maximum absolute atomic E-state index is 12.1. The predicted octanol–water partition coefficient (Wildman–Crippen LogP) is -1.95. The number of rotatable bonds is 13. The number of aliphatic hydroxyl groups excluding tert-OH is 12. The average molecular weight is 1120 g/mol. The zero-order valence-electron chi connectivity index (χ0n) is 45.3. The fourth-order valence-electron chi connectivity index (χ4n) is 16.6. The zero-order valence-corrected chi connectivity index (χ0v) is 45.3. The molecule has 0 aromatic rings. The van der Waals surface area contributed by atoms with Crippen LogP contribution in [-0.2, 0) is 56.9 Å². The number of carbonyl (C=O) groups excluding carboxylic acids is 1. The van der Waals surface area contributed by atoms with E-state index in [0.29, 0.717) is 54.3 Å². The lowest BCUT2D eigenvalue weighted by atomic mass is 9.41. The Bertz CT molecular complexity index is 2010. The van der Waals surface area contributed by atoms with Crippen LogP contribution in [-0.4, -0.2) is 241 Å². The van der Waals surface area contributed by atoms with E-state index in [2.05, 4.69) is 27.7 Å². The monoisotopic (exact) mass is 1120 g/mol. The molecule has 10 aliphatic rings. The van der Waals surface area contributed by atoms with Crippen molar-refractivity contribution in [3.63, 3.8) is 0 Å². The summed E-state index contributed by atoms with van der Waals surface area (Å²) in [6.45, 7) is 8.26. The van der Waals surface area contributed by atoms with Crippen LogP contribution in [0.2, 0.25) is 0 Å². The van der Waals surface area contributed by atoms with E-state index >= 15 is 0 Å². The van der Waals surface area contributed by atoms with E-state index in [-0.39, 0.29) is 23.0 Å². The summed E-state index contributed by atoms with van der Waals surface area (Å²) in [5.74, 6) is 2.15. The highest BCUT2D eigenvalue weighted by atomic mass is 16.8. The molecule has 6 heterocycles. The summed E-state index contributed by atoms with van der Waals surface area (Å²) in [6.07, 6.45) is -25.4. The number of ether oxygens (including phenoxy) is 11. The number of esters is 1. The fourth-order valence-corrected chi connectivity index (χ4v) is 16.6. The van der Waals surface area contributed by atoms with Gasteiger partial charge in [0.15, 0.2) is 30.9 Å². The summed E-state index contributed by atoms with van der Waals surface area (Å²) in [4.78, 5) is 12.1. The lowest BCUT2D eigenvalue weighted by Gasteiger charge is -2.64. The highest BCUT2D eigenvalue weighted by Crippen LogP contribution is 2.70. The van der Waals surface area contributed by atoms with Crippen LogP contribution in [0.3, 0.4) is 0 Å². The minimum Gasteiger partial charge on any atom is -0.463 e. The Hall–Kier alpha value is -1.41. The van der Waals surface area contributed by atoms with E-state index in [1.165, 1.54) is 0 Å². The Kier molecular flexibility index (Phi) is 18.0. The van der Waals surface area contributed by atoms with Gasteiger partial charge in [-0.3, -0.25) is 4.79 Å². The first-order chi connectivity index (χ1) is 37.1. The minimum absolute atomic E-state index is 0.0696. The molecule has 6 saturated heterocycles. The van der Waals surface area contributed by atoms with E-state index in [1.807, 2.05) is 0 Å². The molecule has 0 radical (unpaired) electrons. The van der Waals surface area contributed by atoms with E-state index in [4.69, 9.17) is 52.1 Å². The first kappa shape index (κ1) is 59.7. The summed E-state index contributed by atoms with van der Waals surface area (Å²) in [5.41, 5.74) is 0.237. The lowest BCUT2D eigenvalue weighted by Crippen LogP contribution is -2.69. The summed E-state index contributed by atoms with van der Waals surface area (Å²) in [5, 5.41) is 131. The molecule has 4 aliphatic carbocycles. The highest BCUT2D eigenvalue weighted by Gasteiger charge is 2.67. The molecule has 4 saturated carbocycles. The van der Waals surface area contributed by atoms with Crippen molar-refractivity contribution < 1.29 is 118 Å². The molecule has 0 aromatic heterocycles. The van der Waals surface area contributed by atoms with Crippen LogP contribution < -0.4 is 0 Å². The van der Waals surface area contributed by atoms with Gasteiger partial charge in [0.1, 0.15) is 104 Å². The van der Waals surface area contributed by atoms with Gasteiger partial charge in [-0.25, -0.2) is 0 Å². The van der Waals surface area contributed by atoms with Crippen molar-refractivity contribution in [2.45, 2.75) is 246 Å². The number of fused-ring (bicyclic) bond motifs is 7. The second-order valence-corrected chi connectivity index (χ2v) is 25.3. The van der Waals surface area contributed by atoms with Gasteiger partial charge in [-0.15, -0.1) is 0 Å². The first-order valence-corrected chi connectivity index (χ1v) is 28.7. The number of hydrogen-bond acceptors (Lipinski definition) is 24. The predicted molar refractivity (Wildman–Crippen MR) is 262 cm³/mol. The second-order valence-electron chi connectivity index (χ2n) is 25.3.